The third kappa shape index (κ3) is 5.59. The molecule has 10 heteroatoms. The van der Waals surface area contributed by atoms with Crippen LogP contribution in [0.3, 0.4) is 0 Å². The summed E-state index contributed by atoms with van der Waals surface area (Å²) in [6.45, 7) is 4.37. The first kappa shape index (κ1) is 22.3. The molecule has 0 atom stereocenters. The molecule has 8 nitrogen and oxygen atoms in total. The third-order valence-corrected chi connectivity index (χ3v) is 7.99. The van der Waals surface area contributed by atoms with E-state index in [-0.39, 0.29) is 23.9 Å². The van der Waals surface area contributed by atoms with Gasteiger partial charge in [0, 0.05) is 36.4 Å². The van der Waals surface area contributed by atoms with Crippen molar-refractivity contribution in [1.29, 1.82) is 0 Å². The maximum atomic E-state index is 12.7. The van der Waals surface area contributed by atoms with Gasteiger partial charge in [0.2, 0.25) is 5.91 Å². The average molecular weight is 451 g/mol. The summed E-state index contributed by atoms with van der Waals surface area (Å²) in [6.07, 6.45) is 0.927. The molecule has 2 aromatic rings. The standard InChI is InChI=1S/C20H26N4O4S2/c1-14(2)21-20(26)23-17-6-3-5-16(13-17)22-19(25)15-8-10-24(11-9-15)30(27,28)18-7-4-12-29-18/h3-7,12-15H,8-11H2,1-2H3,(H,22,25)(H2,21,23,26). The first-order chi connectivity index (χ1) is 14.3. The summed E-state index contributed by atoms with van der Waals surface area (Å²) in [6, 6.07) is 9.94. The van der Waals surface area contributed by atoms with Crippen molar-refractivity contribution in [2.75, 3.05) is 23.7 Å². The summed E-state index contributed by atoms with van der Waals surface area (Å²) in [5.74, 6) is -0.410. The molecule has 2 heterocycles. The predicted octanol–water partition coefficient (Wildman–Crippen LogP) is 3.32. The van der Waals surface area contributed by atoms with Gasteiger partial charge < -0.3 is 16.0 Å². The van der Waals surface area contributed by atoms with Crippen molar-refractivity contribution in [2.24, 2.45) is 5.92 Å². The summed E-state index contributed by atoms with van der Waals surface area (Å²) in [7, 11) is -3.48. The molecule has 0 spiro atoms. The van der Waals surface area contributed by atoms with Crippen molar-refractivity contribution in [2.45, 2.75) is 36.9 Å². The normalized spacial score (nSPS) is 15.7. The van der Waals surface area contributed by atoms with E-state index >= 15 is 0 Å². The Balaban J connectivity index is 1.55. The third-order valence-electron chi connectivity index (χ3n) is 4.72. The van der Waals surface area contributed by atoms with Crippen LogP contribution in [0.1, 0.15) is 26.7 Å². The molecule has 1 aromatic carbocycles. The number of carbonyl (C=O) groups excluding carboxylic acids is 2. The Morgan fingerprint density at radius 3 is 2.33 bits per heavy atom. The van der Waals surface area contributed by atoms with Crippen LogP contribution in [-0.4, -0.2) is 43.8 Å². The van der Waals surface area contributed by atoms with Gasteiger partial charge in [-0.2, -0.15) is 4.31 Å². The fourth-order valence-corrected chi connectivity index (χ4v) is 5.86. The zero-order chi connectivity index (χ0) is 21.7. The second-order valence-corrected chi connectivity index (χ2v) is 10.5. The van der Waals surface area contributed by atoms with Crippen LogP contribution in [0.2, 0.25) is 0 Å². The SMILES string of the molecule is CC(C)NC(=O)Nc1cccc(NC(=O)C2CCN(S(=O)(=O)c3cccs3)CC2)c1. The van der Waals surface area contributed by atoms with Crippen molar-refractivity contribution in [3.63, 3.8) is 0 Å². The maximum Gasteiger partial charge on any atom is 0.319 e. The number of amides is 3. The number of urea groups is 1. The number of hydrogen-bond acceptors (Lipinski definition) is 5. The molecule has 1 saturated heterocycles. The monoisotopic (exact) mass is 450 g/mol. The minimum atomic E-state index is -3.48. The molecule has 1 aliphatic rings. The molecule has 1 aromatic heterocycles. The van der Waals surface area contributed by atoms with Crippen LogP contribution in [0, 0.1) is 5.92 Å². The Morgan fingerprint density at radius 2 is 1.73 bits per heavy atom. The van der Waals surface area contributed by atoms with Gasteiger partial charge in [-0.1, -0.05) is 12.1 Å². The topological polar surface area (TPSA) is 108 Å². The Hall–Kier alpha value is -2.43. The maximum absolute atomic E-state index is 12.7. The molecule has 0 unspecified atom stereocenters. The molecule has 0 aliphatic carbocycles. The molecule has 30 heavy (non-hydrogen) atoms. The van der Waals surface area contributed by atoms with E-state index in [0.29, 0.717) is 41.5 Å². The van der Waals surface area contributed by atoms with E-state index in [1.165, 1.54) is 15.6 Å². The number of rotatable bonds is 6. The van der Waals surface area contributed by atoms with Gasteiger partial charge in [0.1, 0.15) is 4.21 Å². The van der Waals surface area contributed by atoms with Gasteiger partial charge in [-0.05, 0) is 56.3 Å². The lowest BCUT2D eigenvalue weighted by Crippen LogP contribution is -2.41. The summed E-state index contributed by atoms with van der Waals surface area (Å²) in [5, 5.41) is 10.1. The van der Waals surface area contributed by atoms with Crippen molar-refractivity contribution < 1.29 is 18.0 Å². The van der Waals surface area contributed by atoms with Gasteiger partial charge in [0.25, 0.3) is 10.0 Å². The Kier molecular flexibility index (Phi) is 7.11. The van der Waals surface area contributed by atoms with Gasteiger partial charge >= 0.3 is 6.03 Å². The average Bonchev–Trinajstić information content (AvgIpc) is 3.23. The van der Waals surface area contributed by atoms with Crippen LogP contribution < -0.4 is 16.0 Å². The van der Waals surface area contributed by atoms with Crippen LogP contribution in [0.15, 0.2) is 46.0 Å². The highest BCUT2D eigenvalue weighted by Crippen LogP contribution is 2.27. The number of anilines is 2. The van der Waals surface area contributed by atoms with Crippen LogP contribution in [0.5, 0.6) is 0 Å². The Labute approximate surface area is 180 Å². The van der Waals surface area contributed by atoms with Crippen molar-refractivity contribution >= 4 is 44.7 Å². The lowest BCUT2D eigenvalue weighted by Gasteiger charge is -2.30. The molecule has 0 bridgehead atoms. The number of benzene rings is 1. The van der Waals surface area contributed by atoms with E-state index in [9.17, 15) is 18.0 Å². The number of carbonyl (C=O) groups is 2. The molecule has 0 radical (unpaired) electrons. The van der Waals surface area contributed by atoms with Crippen molar-refractivity contribution in [3.8, 4) is 0 Å². The number of hydrogen-bond donors (Lipinski definition) is 3. The fourth-order valence-electron chi connectivity index (χ4n) is 3.24. The first-order valence-electron chi connectivity index (χ1n) is 9.78. The number of thiophene rings is 1. The highest BCUT2D eigenvalue weighted by molar-refractivity contribution is 7.91. The second-order valence-electron chi connectivity index (χ2n) is 7.43. The van der Waals surface area contributed by atoms with Crippen molar-refractivity contribution in [1.82, 2.24) is 9.62 Å². The first-order valence-corrected chi connectivity index (χ1v) is 12.1. The zero-order valence-corrected chi connectivity index (χ0v) is 18.6. The number of piperidine rings is 1. The largest absolute Gasteiger partial charge is 0.336 e. The zero-order valence-electron chi connectivity index (χ0n) is 16.9. The van der Waals surface area contributed by atoms with Gasteiger partial charge in [-0.15, -0.1) is 11.3 Å². The summed E-state index contributed by atoms with van der Waals surface area (Å²) in [5.41, 5.74) is 1.15. The van der Waals surface area contributed by atoms with Crippen LogP contribution in [0.4, 0.5) is 16.2 Å². The number of sulfonamides is 1. The molecule has 3 amide bonds. The highest BCUT2D eigenvalue weighted by atomic mass is 32.2. The quantitative estimate of drug-likeness (QED) is 0.627. The molecule has 0 saturated carbocycles. The molecule has 3 rings (SSSR count). The molecule has 3 N–H and O–H groups in total. The fraction of sp³-hybridized carbons (Fsp3) is 0.400. The minimum absolute atomic E-state index is 0.0161. The van der Waals surface area contributed by atoms with Gasteiger partial charge in [-0.25, -0.2) is 13.2 Å². The summed E-state index contributed by atoms with van der Waals surface area (Å²) in [4.78, 5) is 24.5. The summed E-state index contributed by atoms with van der Waals surface area (Å²) >= 11 is 1.20. The second kappa shape index (κ2) is 9.59. The smallest absolute Gasteiger partial charge is 0.319 e. The van der Waals surface area contributed by atoms with E-state index in [2.05, 4.69) is 16.0 Å². The van der Waals surface area contributed by atoms with E-state index in [1.54, 1.807) is 41.8 Å². The Bertz CT molecular complexity index is 982. The molecule has 162 valence electrons. The highest BCUT2D eigenvalue weighted by Gasteiger charge is 2.32. The molecule has 1 aliphatic heterocycles. The lowest BCUT2D eigenvalue weighted by atomic mass is 9.97. The minimum Gasteiger partial charge on any atom is -0.336 e. The van der Waals surface area contributed by atoms with E-state index < -0.39 is 10.0 Å². The molecular weight excluding hydrogens is 424 g/mol. The van der Waals surface area contributed by atoms with Crippen LogP contribution in [0.25, 0.3) is 0 Å². The van der Waals surface area contributed by atoms with Crippen LogP contribution in [-0.2, 0) is 14.8 Å². The molecular formula is C20H26N4O4S2. The van der Waals surface area contributed by atoms with Crippen molar-refractivity contribution in [3.05, 3.63) is 41.8 Å². The Morgan fingerprint density at radius 1 is 1.07 bits per heavy atom. The van der Waals surface area contributed by atoms with Gasteiger partial charge in [0.05, 0.1) is 0 Å². The van der Waals surface area contributed by atoms with E-state index in [4.69, 9.17) is 0 Å². The predicted molar refractivity (Wildman–Crippen MR) is 118 cm³/mol. The van der Waals surface area contributed by atoms with Gasteiger partial charge in [0.15, 0.2) is 0 Å². The van der Waals surface area contributed by atoms with Gasteiger partial charge in [-0.3, -0.25) is 4.79 Å². The van der Waals surface area contributed by atoms with E-state index in [1.807, 2.05) is 13.8 Å². The summed E-state index contributed by atoms with van der Waals surface area (Å²) < 4.78 is 27.0. The number of nitrogens with zero attached hydrogens (tertiary/aromatic N) is 1. The number of nitrogens with one attached hydrogen (secondary N) is 3. The van der Waals surface area contributed by atoms with Crippen LogP contribution >= 0.6 is 11.3 Å². The van der Waals surface area contributed by atoms with E-state index in [0.717, 1.165) is 0 Å². The molecule has 1 fully saturated rings. The lowest BCUT2D eigenvalue weighted by molar-refractivity contribution is -0.120.